The van der Waals surface area contributed by atoms with Crippen molar-refractivity contribution in [3.8, 4) is 0 Å². The SMILES string of the molecule is Cc1cc(C(C)(C)O)c(F)cc1F. The van der Waals surface area contributed by atoms with Gasteiger partial charge in [-0.1, -0.05) is 0 Å². The first-order valence-corrected chi connectivity index (χ1v) is 4.01. The van der Waals surface area contributed by atoms with Crippen LogP contribution in [0.5, 0.6) is 0 Å². The van der Waals surface area contributed by atoms with E-state index in [9.17, 15) is 13.9 Å². The summed E-state index contributed by atoms with van der Waals surface area (Å²) in [6, 6.07) is 2.12. The Balaban J connectivity index is 3.32. The molecule has 1 nitrogen and oxygen atoms in total. The molecule has 0 spiro atoms. The first-order valence-electron chi connectivity index (χ1n) is 4.01. The van der Waals surface area contributed by atoms with E-state index in [4.69, 9.17) is 0 Å². The molecule has 0 saturated carbocycles. The van der Waals surface area contributed by atoms with Gasteiger partial charge in [-0.2, -0.15) is 0 Å². The number of aliphatic hydroxyl groups is 1. The van der Waals surface area contributed by atoms with E-state index in [1.54, 1.807) is 0 Å². The number of benzene rings is 1. The molecule has 0 fully saturated rings. The van der Waals surface area contributed by atoms with Crippen molar-refractivity contribution in [3.05, 3.63) is 34.9 Å². The van der Waals surface area contributed by atoms with E-state index in [0.29, 0.717) is 5.56 Å². The van der Waals surface area contributed by atoms with Crippen molar-refractivity contribution < 1.29 is 13.9 Å². The van der Waals surface area contributed by atoms with Gasteiger partial charge in [-0.15, -0.1) is 0 Å². The topological polar surface area (TPSA) is 20.2 Å². The van der Waals surface area contributed by atoms with Crippen LogP contribution in [0.4, 0.5) is 8.78 Å². The lowest BCUT2D eigenvalue weighted by Crippen LogP contribution is -2.18. The third kappa shape index (κ3) is 2.04. The van der Waals surface area contributed by atoms with Crippen LogP contribution in [0.25, 0.3) is 0 Å². The Morgan fingerprint density at radius 1 is 1.15 bits per heavy atom. The lowest BCUT2D eigenvalue weighted by Gasteiger charge is -2.19. The van der Waals surface area contributed by atoms with E-state index in [2.05, 4.69) is 0 Å². The third-order valence-corrected chi connectivity index (χ3v) is 1.91. The number of hydrogen-bond donors (Lipinski definition) is 1. The molecule has 0 unspecified atom stereocenters. The van der Waals surface area contributed by atoms with Crippen molar-refractivity contribution in [2.75, 3.05) is 0 Å². The van der Waals surface area contributed by atoms with Crippen molar-refractivity contribution in [2.45, 2.75) is 26.4 Å². The maximum atomic E-state index is 13.1. The molecule has 0 aliphatic rings. The Morgan fingerprint density at radius 3 is 2.15 bits per heavy atom. The van der Waals surface area contributed by atoms with Gasteiger partial charge in [0.25, 0.3) is 0 Å². The molecule has 0 aliphatic heterocycles. The normalized spacial score (nSPS) is 11.8. The second-order valence-electron chi connectivity index (χ2n) is 3.64. The smallest absolute Gasteiger partial charge is 0.132 e. The van der Waals surface area contributed by atoms with Crippen LogP contribution in [0.1, 0.15) is 25.0 Å². The largest absolute Gasteiger partial charge is 0.386 e. The van der Waals surface area contributed by atoms with Gasteiger partial charge in [0.15, 0.2) is 0 Å². The van der Waals surface area contributed by atoms with Gasteiger partial charge in [0, 0.05) is 11.6 Å². The highest BCUT2D eigenvalue weighted by atomic mass is 19.1. The minimum absolute atomic E-state index is 0.117. The van der Waals surface area contributed by atoms with Crippen molar-refractivity contribution in [1.82, 2.24) is 0 Å². The molecular weight excluding hydrogens is 174 g/mol. The summed E-state index contributed by atoms with van der Waals surface area (Å²) in [5.41, 5.74) is -0.826. The van der Waals surface area contributed by atoms with Crippen LogP contribution >= 0.6 is 0 Å². The zero-order valence-corrected chi connectivity index (χ0v) is 7.86. The van der Waals surface area contributed by atoms with Gasteiger partial charge in [-0.05, 0) is 32.4 Å². The standard InChI is InChI=1S/C10H12F2O/c1-6-4-7(10(2,3)13)9(12)5-8(6)11/h4-5,13H,1-3H3. The Kier molecular flexibility index (Phi) is 2.39. The molecule has 1 aromatic rings. The molecule has 3 heteroatoms. The van der Waals surface area contributed by atoms with Crippen molar-refractivity contribution >= 4 is 0 Å². The Bertz CT molecular complexity index is 326. The van der Waals surface area contributed by atoms with E-state index in [0.717, 1.165) is 6.07 Å². The van der Waals surface area contributed by atoms with Crippen LogP contribution in [-0.2, 0) is 5.60 Å². The molecule has 72 valence electrons. The van der Waals surface area contributed by atoms with Gasteiger partial charge in [0.1, 0.15) is 11.6 Å². The summed E-state index contributed by atoms with van der Waals surface area (Å²) in [7, 11) is 0. The van der Waals surface area contributed by atoms with Gasteiger partial charge in [-0.25, -0.2) is 8.78 Å². The zero-order chi connectivity index (χ0) is 10.2. The number of aryl methyl sites for hydroxylation is 1. The van der Waals surface area contributed by atoms with Crippen molar-refractivity contribution in [3.63, 3.8) is 0 Å². The van der Waals surface area contributed by atoms with Gasteiger partial charge in [-0.3, -0.25) is 0 Å². The average Bonchev–Trinajstić information content (AvgIpc) is 1.94. The first kappa shape index (κ1) is 10.1. The fraction of sp³-hybridized carbons (Fsp3) is 0.400. The van der Waals surface area contributed by atoms with E-state index < -0.39 is 17.2 Å². The van der Waals surface area contributed by atoms with Crippen LogP contribution in [0, 0.1) is 18.6 Å². The number of halogens is 2. The van der Waals surface area contributed by atoms with E-state index in [1.807, 2.05) is 0 Å². The van der Waals surface area contributed by atoms with Crippen LogP contribution in [0.3, 0.4) is 0 Å². The first-order chi connectivity index (χ1) is 5.82. The highest BCUT2D eigenvalue weighted by Gasteiger charge is 2.21. The van der Waals surface area contributed by atoms with E-state index in [1.165, 1.54) is 26.8 Å². The third-order valence-electron chi connectivity index (χ3n) is 1.91. The summed E-state index contributed by atoms with van der Waals surface area (Å²) < 4.78 is 26.0. The zero-order valence-electron chi connectivity index (χ0n) is 7.86. The highest BCUT2D eigenvalue weighted by Crippen LogP contribution is 2.24. The monoisotopic (exact) mass is 186 g/mol. The summed E-state index contributed by atoms with van der Waals surface area (Å²) in [5.74, 6) is -1.30. The maximum absolute atomic E-state index is 13.1. The van der Waals surface area contributed by atoms with Gasteiger partial charge >= 0.3 is 0 Å². The minimum atomic E-state index is -1.28. The van der Waals surface area contributed by atoms with Gasteiger partial charge in [0.2, 0.25) is 0 Å². The molecule has 0 atom stereocenters. The fourth-order valence-corrected chi connectivity index (χ4v) is 1.13. The Hall–Kier alpha value is -0.960. The van der Waals surface area contributed by atoms with E-state index >= 15 is 0 Å². The Labute approximate surface area is 76.0 Å². The predicted molar refractivity (Wildman–Crippen MR) is 46.3 cm³/mol. The molecule has 13 heavy (non-hydrogen) atoms. The molecule has 0 radical (unpaired) electrons. The quantitative estimate of drug-likeness (QED) is 0.714. The number of rotatable bonds is 1. The molecule has 1 aromatic carbocycles. The fourth-order valence-electron chi connectivity index (χ4n) is 1.13. The molecule has 0 aromatic heterocycles. The van der Waals surface area contributed by atoms with Crippen LogP contribution in [0.15, 0.2) is 12.1 Å². The van der Waals surface area contributed by atoms with Crippen molar-refractivity contribution in [1.29, 1.82) is 0 Å². The summed E-state index contributed by atoms with van der Waals surface area (Å²) in [6.45, 7) is 4.45. The molecule has 0 bridgehead atoms. The van der Waals surface area contributed by atoms with Gasteiger partial charge in [0.05, 0.1) is 5.60 Å². The second-order valence-corrected chi connectivity index (χ2v) is 3.64. The minimum Gasteiger partial charge on any atom is -0.386 e. The molecule has 0 saturated heterocycles. The molecule has 0 heterocycles. The molecular formula is C10H12F2O. The predicted octanol–water partition coefficient (Wildman–Crippen LogP) is 2.50. The van der Waals surface area contributed by atoms with E-state index in [-0.39, 0.29) is 5.56 Å². The molecule has 1 rings (SSSR count). The summed E-state index contributed by atoms with van der Waals surface area (Å²) in [6.07, 6.45) is 0. The van der Waals surface area contributed by atoms with Crippen LogP contribution in [-0.4, -0.2) is 5.11 Å². The highest BCUT2D eigenvalue weighted by molar-refractivity contribution is 5.29. The molecule has 0 amide bonds. The van der Waals surface area contributed by atoms with Gasteiger partial charge < -0.3 is 5.11 Å². The maximum Gasteiger partial charge on any atom is 0.132 e. The molecule has 0 aliphatic carbocycles. The van der Waals surface area contributed by atoms with Crippen molar-refractivity contribution in [2.24, 2.45) is 0 Å². The van der Waals surface area contributed by atoms with Crippen LogP contribution in [0.2, 0.25) is 0 Å². The summed E-state index contributed by atoms with van der Waals surface area (Å²) in [4.78, 5) is 0. The summed E-state index contributed by atoms with van der Waals surface area (Å²) in [5, 5.41) is 9.52. The second kappa shape index (κ2) is 3.07. The Morgan fingerprint density at radius 2 is 1.69 bits per heavy atom. The molecule has 1 N–H and O–H groups in total. The van der Waals surface area contributed by atoms with Crippen LogP contribution < -0.4 is 0 Å². The lowest BCUT2D eigenvalue weighted by atomic mass is 9.96. The summed E-state index contributed by atoms with van der Waals surface area (Å²) >= 11 is 0. The average molecular weight is 186 g/mol. The number of hydrogen-bond acceptors (Lipinski definition) is 1. The lowest BCUT2D eigenvalue weighted by molar-refractivity contribution is 0.0743.